The minimum atomic E-state index is -1.09. The fraction of sp³-hybridized carbons (Fsp3) is 0.250. The molecule has 24 heavy (non-hydrogen) atoms. The molecule has 0 aromatic heterocycles. The third-order valence-corrected chi connectivity index (χ3v) is 4.39. The predicted octanol–water partition coefficient (Wildman–Crippen LogP) is 4.17. The number of hydrogen-bond acceptors (Lipinski definition) is 3. The summed E-state index contributed by atoms with van der Waals surface area (Å²) in [6.45, 7) is 3.89. The molecule has 0 saturated heterocycles. The van der Waals surface area contributed by atoms with Gasteiger partial charge in [0.05, 0.1) is 17.9 Å². The van der Waals surface area contributed by atoms with Crippen molar-refractivity contribution in [2.75, 3.05) is 11.5 Å². The van der Waals surface area contributed by atoms with Gasteiger partial charge in [0.15, 0.2) is 0 Å². The highest BCUT2D eigenvalue weighted by Crippen LogP contribution is 2.44. The summed E-state index contributed by atoms with van der Waals surface area (Å²) in [4.78, 5) is 13.7. The molecule has 0 spiro atoms. The Morgan fingerprint density at radius 2 is 1.83 bits per heavy atom. The molecule has 0 fully saturated rings. The molecular weight excluding hydrogens is 302 g/mol. The van der Waals surface area contributed by atoms with Crippen LogP contribution in [0.25, 0.3) is 0 Å². The van der Waals surface area contributed by atoms with Crippen LogP contribution in [0.4, 0.5) is 10.5 Å². The quantitative estimate of drug-likeness (QED) is 0.922. The Bertz CT molecular complexity index is 752. The van der Waals surface area contributed by atoms with E-state index in [1.54, 1.807) is 20.0 Å². The second-order valence-corrected chi connectivity index (χ2v) is 5.96. The molecule has 0 aliphatic carbocycles. The van der Waals surface area contributed by atoms with E-state index in [-0.39, 0.29) is 5.92 Å². The molecule has 4 nitrogen and oxygen atoms in total. The first kappa shape index (κ1) is 16.3. The van der Waals surface area contributed by atoms with Crippen LogP contribution in [0.2, 0.25) is 0 Å². The second kappa shape index (κ2) is 6.49. The molecule has 124 valence electrons. The molecule has 2 atom stereocenters. The Kier molecular flexibility index (Phi) is 4.40. The van der Waals surface area contributed by atoms with Gasteiger partial charge in [-0.2, -0.15) is 0 Å². The highest BCUT2D eigenvalue weighted by molar-refractivity contribution is 5.91. The van der Waals surface area contributed by atoms with Gasteiger partial charge in [-0.3, -0.25) is 4.90 Å². The van der Waals surface area contributed by atoms with Gasteiger partial charge >= 0.3 is 6.09 Å². The first-order valence-electron chi connectivity index (χ1n) is 8.07. The smallest absolute Gasteiger partial charge is 0.418 e. The topological polar surface area (TPSA) is 49.8 Å². The van der Waals surface area contributed by atoms with Crippen molar-refractivity contribution in [1.29, 1.82) is 0 Å². The molecule has 1 aliphatic heterocycles. The van der Waals surface area contributed by atoms with E-state index in [2.05, 4.69) is 0 Å². The number of rotatable bonds is 3. The normalized spacial score (nSPS) is 18.6. The van der Waals surface area contributed by atoms with E-state index in [0.29, 0.717) is 6.61 Å². The van der Waals surface area contributed by atoms with Crippen molar-refractivity contribution in [3.05, 3.63) is 78.0 Å². The number of para-hydroxylation sites is 1. The maximum atomic E-state index is 12.2. The lowest BCUT2D eigenvalue weighted by Gasteiger charge is -2.37. The number of nitrogens with zero attached hydrogens (tertiary/aromatic N) is 1. The monoisotopic (exact) mass is 323 g/mol. The summed E-state index contributed by atoms with van der Waals surface area (Å²) in [7, 11) is 0. The third-order valence-electron chi connectivity index (χ3n) is 4.39. The van der Waals surface area contributed by atoms with Crippen LogP contribution >= 0.6 is 0 Å². The van der Waals surface area contributed by atoms with Crippen molar-refractivity contribution in [3.8, 4) is 0 Å². The van der Waals surface area contributed by atoms with Crippen LogP contribution in [-0.2, 0) is 10.3 Å². The molecule has 1 N–H and O–H groups in total. The number of anilines is 1. The van der Waals surface area contributed by atoms with E-state index in [1.807, 2.05) is 60.7 Å². The van der Waals surface area contributed by atoms with Crippen LogP contribution in [0.3, 0.4) is 0 Å². The first-order chi connectivity index (χ1) is 11.6. The van der Waals surface area contributed by atoms with Crippen LogP contribution in [0.1, 0.15) is 30.9 Å². The van der Waals surface area contributed by atoms with E-state index in [1.165, 1.54) is 4.90 Å². The fourth-order valence-corrected chi connectivity index (χ4v) is 3.12. The van der Waals surface area contributed by atoms with Crippen LogP contribution in [0.15, 0.2) is 66.9 Å². The number of amides is 1. The van der Waals surface area contributed by atoms with Crippen molar-refractivity contribution in [3.63, 3.8) is 0 Å². The molecule has 0 radical (unpaired) electrons. The number of carbonyl (C=O) groups excluding carboxylic acids is 1. The summed E-state index contributed by atoms with van der Waals surface area (Å²) in [6, 6.07) is 17.2. The van der Waals surface area contributed by atoms with Gasteiger partial charge < -0.3 is 9.84 Å². The van der Waals surface area contributed by atoms with E-state index in [0.717, 1.165) is 16.8 Å². The maximum absolute atomic E-state index is 12.2. The second-order valence-electron chi connectivity index (χ2n) is 5.96. The van der Waals surface area contributed by atoms with Crippen molar-refractivity contribution in [2.24, 2.45) is 0 Å². The molecule has 1 aliphatic rings. The van der Waals surface area contributed by atoms with E-state index in [9.17, 15) is 9.90 Å². The fourth-order valence-electron chi connectivity index (χ4n) is 3.12. The Morgan fingerprint density at radius 1 is 1.17 bits per heavy atom. The lowest BCUT2D eigenvalue weighted by molar-refractivity contribution is 0.0412. The van der Waals surface area contributed by atoms with E-state index >= 15 is 0 Å². The summed E-state index contributed by atoms with van der Waals surface area (Å²) in [5.41, 5.74) is 1.37. The first-order valence-corrected chi connectivity index (χ1v) is 8.07. The van der Waals surface area contributed by atoms with Crippen molar-refractivity contribution >= 4 is 11.8 Å². The van der Waals surface area contributed by atoms with Gasteiger partial charge in [0, 0.05) is 12.1 Å². The highest BCUT2D eigenvalue weighted by Gasteiger charge is 2.37. The lowest BCUT2D eigenvalue weighted by Crippen LogP contribution is -2.35. The predicted molar refractivity (Wildman–Crippen MR) is 93.8 cm³/mol. The number of benzene rings is 2. The van der Waals surface area contributed by atoms with Crippen LogP contribution in [0, 0.1) is 0 Å². The van der Waals surface area contributed by atoms with Crippen molar-refractivity contribution in [2.45, 2.75) is 25.4 Å². The molecule has 1 heterocycles. The maximum Gasteiger partial charge on any atom is 0.418 e. The minimum absolute atomic E-state index is 0.262. The summed E-state index contributed by atoms with van der Waals surface area (Å²) in [5.74, 6) is -0.262. The highest BCUT2D eigenvalue weighted by atomic mass is 16.6. The number of ether oxygens (including phenoxy) is 1. The molecule has 4 heteroatoms. The van der Waals surface area contributed by atoms with Gasteiger partial charge in [0.2, 0.25) is 0 Å². The van der Waals surface area contributed by atoms with E-state index in [4.69, 9.17) is 4.74 Å². The number of fused-ring (bicyclic) bond motifs is 1. The van der Waals surface area contributed by atoms with E-state index < -0.39 is 11.7 Å². The largest absolute Gasteiger partial charge is 0.449 e. The Hall–Kier alpha value is -2.59. The SMILES string of the molecule is CCOC(=O)N1C=CC(C(C)(O)c2ccccc2)c2ccccc21. The standard InChI is InChI=1S/C20H21NO3/c1-3-24-19(22)21-14-13-17(16-11-7-8-12-18(16)21)20(2,23)15-9-5-4-6-10-15/h4-14,17,23H,3H2,1-2H3. The summed E-state index contributed by atoms with van der Waals surface area (Å²) in [5, 5.41) is 11.2. The zero-order valence-electron chi connectivity index (χ0n) is 13.8. The zero-order chi connectivity index (χ0) is 17.2. The van der Waals surface area contributed by atoms with Crippen LogP contribution in [-0.4, -0.2) is 17.8 Å². The van der Waals surface area contributed by atoms with Gasteiger partial charge in [-0.1, -0.05) is 54.6 Å². The average Bonchev–Trinajstić information content (AvgIpc) is 2.61. The summed E-state index contributed by atoms with van der Waals surface area (Å²) < 4.78 is 5.12. The summed E-state index contributed by atoms with van der Waals surface area (Å²) >= 11 is 0. The van der Waals surface area contributed by atoms with Crippen molar-refractivity contribution in [1.82, 2.24) is 0 Å². The Labute approximate surface area is 142 Å². The number of aliphatic hydroxyl groups is 1. The van der Waals surface area contributed by atoms with Gasteiger partial charge in [-0.05, 0) is 31.0 Å². The molecule has 2 aromatic rings. The lowest BCUT2D eigenvalue weighted by atomic mass is 9.77. The van der Waals surface area contributed by atoms with Crippen molar-refractivity contribution < 1.29 is 14.6 Å². The van der Waals surface area contributed by atoms with Gasteiger partial charge in [-0.25, -0.2) is 4.79 Å². The van der Waals surface area contributed by atoms with Gasteiger partial charge in [0.1, 0.15) is 0 Å². The summed E-state index contributed by atoms with van der Waals surface area (Å²) in [6.07, 6.45) is 3.12. The zero-order valence-corrected chi connectivity index (χ0v) is 13.8. The van der Waals surface area contributed by atoms with Gasteiger partial charge in [0.25, 0.3) is 0 Å². The molecular formula is C20H21NO3. The Balaban J connectivity index is 2.03. The van der Waals surface area contributed by atoms with Crippen LogP contribution in [0.5, 0.6) is 0 Å². The number of carbonyl (C=O) groups is 1. The molecule has 0 saturated carbocycles. The molecule has 2 aromatic carbocycles. The van der Waals surface area contributed by atoms with Gasteiger partial charge in [-0.15, -0.1) is 0 Å². The molecule has 2 unspecified atom stereocenters. The number of hydrogen-bond donors (Lipinski definition) is 1. The van der Waals surface area contributed by atoms with Crippen LogP contribution < -0.4 is 4.90 Å². The minimum Gasteiger partial charge on any atom is -0.449 e. The third kappa shape index (κ3) is 2.81. The molecule has 3 rings (SSSR count). The Morgan fingerprint density at radius 3 is 2.54 bits per heavy atom. The molecule has 0 bridgehead atoms. The average molecular weight is 323 g/mol. The molecule has 1 amide bonds.